The van der Waals surface area contributed by atoms with Crippen LogP contribution in [0, 0.1) is 5.92 Å². The third-order valence-electron chi connectivity index (χ3n) is 3.07. The number of rotatable bonds is 7. The van der Waals surface area contributed by atoms with Crippen LogP contribution in [0.2, 0.25) is 0 Å². The molecule has 1 atom stereocenters. The van der Waals surface area contributed by atoms with Crippen molar-refractivity contribution < 1.29 is 9.53 Å². The molecule has 2 N–H and O–H groups in total. The molecule has 1 unspecified atom stereocenters. The highest BCUT2D eigenvalue weighted by molar-refractivity contribution is 5.94. The number of hydrogen-bond donors (Lipinski definition) is 2. The van der Waals surface area contributed by atoms with Crippen LogP contribution in [0.1, 0.15) is 38.1 Å². The van der Waals surface area contributed by atoms with Crippen molar-refractivity contribution in [2.24, 2.45) is 5.92 Å². The zero-order valence-electron chi connectivity index (χ0n) is 13.1. The normalized spacial score (nSPS) is 12.6. The van der Waals surface area contributed by atoms with E-state index < -0.39 is 0 Å². The van der Waals surface area contributed by atoms with Crippen molar-refractivity contribution in [3.8, 4) is 0 Å². The minimum absolute atomic E-state index is 0.0381. The highest BCUT2D eigenvalue weighted by atomic mass is 16.5. The Morgan fingerprint density at radius 1 is 1.15 bits per heavy atom. The summed E-state index contributed by atoms with van der Waals surface area (Å²) < 4.78 is 5.22. The molecule has 0 fully saturated rings. The van der Waals surface area contributed by atoms with Crippen LogP contribution in [0.5, 0.6) is 0 Å². The highest BCUT2D eigenvalue weighted by Crippen LogP contribution is 2.14. The molecule has 1 rings (SSSR count). The fourth-order valence-electron chi connectivity index (χ4n) is 1.86. The summed E-state index contributed by atoms with van der Waals surface area (Å²) in [6.45, 7) is 8.87. The molecule has 0 saturated carbocycles. The Balaban J connectivity index is 2.68. The van der Waals surface area contributed by atoms with Gasteiger partial charge in [-0.2, -0.15) is 0 Å². The van der Waals surface area contributed by atoms with Crippen LogP contribution in [0.4, 0.5) is 5.69 Å². The first kappa shape index (κ1) is 16.5. The van der Waals surface area contributed by atoms with E-state index in [1.807, 2.05) is 38.1 Å². The fourth-order valence-corrected chi connectivity index (χ4v) is 1.86. The molecule has 0 spiro atoms. The molecular weight excluding hydrogens is 252 g/mol. The molecule has 0 aliphatic heterocycles. The van der Waals surface area contributed by atoms with Gasteiger partial charge in [0.1, 0.15) is 0 Å². The number of nitrogens with one attached hydrogen (secondary N) is 2. The maximum absolute atomic E-state index is 11.8. The Bertz CT molecular complexity index is 413. The summed E-state index contributed by atoms with van der Waals surface area (Å²) in [6.07, 6.45) is 0. The molecule has 0 radical (unpaired) electrons. The predicted octanol–water partition coefficient (Wildman–Crippen LogP) is 2.91. The molecule has 0 saturated heterocycles. The van der Waals surface area contributed by atoms with Gasteiger partial charge < -0.3 is 15.4 Å². The minimum atomic E-state index is -0.0381. The lowest BCUT2D eigenvalue weighted by Gasteiger charge is -2.22. The second kappa shape index (κ2) is 7.90. The van der Waals surface area contributed by atoms with Crippen LogP contribution in [0.3, 0.4) is 0 Å². The molecule has 4 nitrogen and oxygen atoms in total. The van der Waals surface area contributed by atoms with E-state index in [2.05, 4.69) is 24.5 Å². The van der Waals surface area contributed by atoms with E-state index >= 15 is 0 Å². The van der Waals surface area contributed by atoms with E-state index in [1.54, 1.807) is 7.11 Å². The third kappa shape index (κ3) is 5.21. The fraction of sp³-hybridized carbons (Fsp3) is 0.562. The topological polar surface area (TPSA) is 50.4 Å². The van der Waals surface area contributed by atoms with Crippen molar-refractivity contribution >= 4 is 11.6 Å². The maximum atomic E-state index is 11.8. The Morgan fingerprint density at radius 2 is 1.75 bits per heavy atom. The van der Waals surface area contributed by atoms with Crippen molar-refractivity contribution in [3.63, 3.8) is 0 Å². The quantitative estimate of drug-likeness (QED) is 0.806. The van der Waals surface area contributed by atoms with E-state index in [-0.39, 0.29) is 18.0 Å². The van der Waals surface area contributed by atoms with Gasteiger partial charge in [-0.3, -0.25) is 4.79 Å². The number of amides is 1. The first-order valence-electron chi connectivity index (χ1n) is 7.10. The number of anilines is 1. The van der Waals surface area contributed by atoms with Gasteiger partial charge in [0, 0.05) is 24.4 Å². The smallest absolute Gasteiger partial charge is 0.251 e. The summed E-state index contributed by atoms with van der Waals surface area (Å²) in [5.74, 6) is 0.433. The van der Waals surface area contributed by atoms with Gasteiger partial charge in [0.15, 0.2) is 0 Å². The highest BCUT2D eigenvalue weighted by Gasteiger charge is 2.13. The van der Waals surface area contributed by atoms with Gasteiger partial charge in [-0.1, -0.05) is 13.8 Å². The van der Waals surface area contributed by atoms with Gasteiger partial charge in [0.2, 0.25) is 0 Å². The number of carbonyl (C=O) groups is 1. The summed E-state index contributed by atoms with van der Waals surface area (Å²) in [5, 5.41) is 6.31. The van der Waals surface area contributed by atoms with Crippen LogP contribution >= 0.6 is 0 Å². The largest absolute Gasteiger partial charge is 0.383 e. The third-order valence-corrected chi connectivity index (χ3v) is 3.07. The Morgan fingerprint density at radius 3 is 2.20 bits per heavy atom. The Kier molecular flexibility index (Phi) is 6.52. The van der Waals surface area contributed by atoms with Crippen LogP contribution < -0.4 is 10.6 Å². The molecule has 0 bridgehead atoms. The van der Waals surface area contributed by atoms with E-state index in [9.17, 15) is 4.79 Å². The number of carbonyl (C=O) groups excluding carboxylic acids is 1. The average molecular weight is 278 g/mol. The predicted molar refractivity (Wildman–Crippen MR) is 83.2 cm³/mol. The maximum Gasteiger partial charge on any atom is 0.251 e. The zero-order chi connectivity index (χ0) is 15.1. The molecule has 0 aromatic heterocycles. The molecule has 1 aromatic rings. The number of hydrogen-bond acceptors (Lipinski definition) is 3. The second-order valence-corrected chi connectivity index (χ2v) is 5.66. The molecular formula is C16H26N2O2. The Labute approximate surface area is 121 Å². The van der Waals surface area contributed by atoms with Crippen molar-refractivity contribution in [3.05, 3.63) is 29.8 Å². The molecule has 4 heteroatoms. The number of methoxy groups -OCH3 is 1. The molecule has 1 amide bonds. The molecule has 1 aromatic carbocycles. The Hall–Kier alpha value is -1.55. The molecule has 0 aliphatic rings. The standard InChI is InChI=1S/C16H26N2O2/c1-11(2)15(10-20-5)18-14-8-6-13(7-9-14)16(19)17-12(3)4/h6-9,11-12,15,18H,10H2,1-5H3,(H,17,19). The van der Waals surface area contributed by atoms with E-state index in [1.165, 1.54) is 0 Å². The van der Waals surface area contributed by atoms with E-state index in [0.29, 0.717) is 18.1 Å². The monoisotopic (exact) mass is 278 g/mol. The second-order valence-electron chi connectivity index (χ2n) is 5.66. The SMILES string of the molecule is COCC(Nc1ccc(C(=O)NC(C)C)cc1)C(C)C. The number of ether oxygens (including phenoxy) is 1. The molecule has 0 aliphatic carbocycles. The number of benzene rings is 1. The van der Waals surface area contributed by atoms with Crippen molar-refractivity contribution in [2.75, 3.05) is 19.0 Å². The van der Waals surface area contributed by atoms with Gasteiger partial charge in [0.25, 0.3) is 5.91 Å². The van der Waals surface area contributed by atoms with Gasteiger partial charge in [-0.15, -0.1) is 0 Å². The average Bonchev–Trinajstić information content (AvgIpc) is 2.38. The van der Waals surface area contributed by atoms with Gasteiger partial charge in [-0.05, 0) is 44.0 Å². The van der Waals surface area contributed by atoms with Crippen molar-refractivity contribution in [1.29, 1.82) is 0 Å². The molecule has 20 heavy (non-hydrogen) atoms. The van der Waals surface area contributed by atoms with Crippen LogP contribution in [-0.4, -0.2) is 31.7 Å². The lowest BCUT2D eigenvalue weighted by Crippen LogP contribution is -2.31. The van der Waals surface area contributed by atoms with Gasteiger partial charge >= 0.3 is 0 Å². The zero-order valence-corrected chi connectivity index (χ0v) is 13.1. The summed E-state index contributed by atoms with van der Waals surface area (Å²) >= 11 is 0. The summed E-state index contributed by atoms with van der Waals surface area (Å²) in [5.41, 5.74) is 1.68. The lowest BCUT2D eigenvalue weighted by atomic mass is 10.0. The lowest BCUT2D eigenvalue weighted by molar-refractivity contribution is 0.0943. The van der Waals surface area contributed by atoms with Gasteiger partial charge in [0.05, 0.1) is 12.6 Å². The van der Waals surface area contributed by atoms with Crippen molar-refractivity contribution in [2.45, 2.75) is 39.8 Å². The summed E-state index contributed by atoms with van der Waals surface area (Å²) in [4.78, 5) is 11.8. The first-order valence-corrected chi connectivity index (χ1v) is 7.10. The van der Waals surface area contributed by atoms with Crippen LogP contribution in [0.15, 0.2) is 24.3 Å². The molecule has 112 valence electrons. The van der Waals surface area contributed by atoms with E-state index in [0.717, 1.165) is 5.69 Å². The van der Waals surface area contributed by atoms with E-state index in [4.69, 9.17) is 4.74 Å². The minimum Gasteiger partial charge on any atom is -0.383 e. The van der Waals surface area contributed by atoms with Crippen LogP contribution in [0.25, 0.3) is 0 Å². The van der Waals surface area contributed by atoms with Crippen molar-refractivity contribution in [1.82, 2.24) is 5.32 Å². The summed E-state index contributed by atoms with van der Waals surface area (Å²) in [6, 6.07) is 7.94. The van der Waals surface area contributed by atoms with Crippen LogP contribution in [-0.2, 0) is 4.74 Å². The molecule has 0 heterocycles. The van der Waals surface area contributed by atoms with Gasteiger partial charge in [-0.25, -0.2) is 0 Å². The summed E-state index contributed by atoms with van der Waals surface area (Å²) in [7, 11) is 1.70. The first-order chi connectivity index (χ1) is 9.43.